The van der Waals surface area contributed by atoms with E-state index in [1.807, 2.05) is 18.2 Å². The van der Waals surface area contributed by atoms with Crippen molar-refractivity contribution in [3.8, 4) is 0 Å². The summed E-state index contributed by atoms with van der Waals surface area (Å²) in [7, 11) is 0. The minimum Gasteiger partial charge on any atom is -0.455 e. The average Bonchev–Trinajstić information content (AvgIpc) is 2.75. The molecule has 0 unspecified atom stereocenters. The number of nitrogens with zero attached hydrogens (tertiary/aromatic N) is 1. The molecule has 0 saturated carbocycles. The molecule has 0 aliphatic carbocycles. The summed E-state index contributed by atoms with van der Waals surface area (Å²) < 4.78 is 31.9. The third-order valence-corrected chi connectivity index (χ3v) is 5.38. The second-order valence-electron chi connectivity index (χ2n) is 6.96. The number of benzene rings is 2. The maximum absolute atomic E-state index is 13.8. The largest absolute Gasteiger partial charge is 0.455 e. The van der Waals surface area contributed by atoms with Crippen LogP contribution < -0.4 is 10.6 Å². The second-order valence-corrected chi connectivity index (χ2v) is 7.81. The Morgan fingerprint density at radius 3 is 2.39 bits per heavy atom. The number of rotatable bonds is 5. The molecule has 164 valence electrons. The Labute approximate surface area is 185 Å². The highest BCUT2D eigenvalue weighted by molar-refractivity contribution is 9.10. The van der Waals surface area contributed by atoms with Crippen LogP contribution in [0.4, 0.5) is 25.0 Å². The number of carbonyl (C=O) groups excluding carboxylic acids is 3. The lowest BCUT2D eigenvalue weighted by Gasteiger charge is -2.30. The van der Waals surface area contributed by atoms with Gasteiger partial charge in [-0.2, -0.15) is 0 Å². The van der Waals surface area contributed by atoms with E-state index in [0.717, 1.165) is 6.07 Å². The number of piperidine rings is 1. The van der Waals surface area contributed by atoms with E-state index in [4.69, 9.17) is 4.74 Å². The van der Waals surface area contributed by atoms with Crippen molar-refractivity contribution in [3.05, 3.63) is 58.6 Å². The first-order chi connectivity index (χ1) is 14.8. The molecule has 2 aromatic rings. The van der Waals surface area contributed by atoms with Gasteiger partial charge < -0.3 is 20.3 Å². The molecule has 0 radical (unpaired) electrons. The van der Waals surface area contributed by atoms with Gasteiger partial charge in [-0.25, -0.2) is 13.6 Å². The molecule has 1 aliphatic rings. The van der Waals surface area contributed by atoms with Gasteiger partial charge in [0.05, 0.1) is 11.6 Å². The highest BCUT2D eigenvalue weighted by atomic mass is 79.9. The maximum Gasteiger partial charge on any atom is 0.321 e. The lowest BCUT2D eigenvalue weighted by atomic mass is 9.97. The number of urea groups is 1. The van der Waals surface area contributed by atoms with E-state index in [0.29, 0.717) is 37.7 Å². The summed E-state index contributed by atoms with van der Waals surface area (Å²) in [5, 5.41) is 5.03. The van der Waals surface area contributed by atoms with Crippen LogP contribution in [0.5, 0.6) is 0 Å². The van der Waals surface area contributed by atoms with Gasteiger partial charge in [0.1, 0.15) is 5.82 Å². The van der Waals surface area contributed by atoms with Gasteiger partial charge in [0.25, 0.3) is 5.91 Å². The van der Waals surface area contributed by atoms with Crippen molar-refractivity contribution in [1.29, 1.82) is 0 Å². The van der Waals surface area contributed by atoms with Gasteiger partial charge in [0.15, 0.2) is 12.4 Å². The summed E-state index contributed by atoms with van der Waals surface area (Å²) >= 11 is 2.97. The first-order valence-corrected chi connectivity index (χ1v) is 10.3. The second kappa shape index (κ2) is 10.3. The molecule has 3 rings (SSSR count). The van der Waals surface area contributed by atoms with Crippen LogP contribution >= 0.6 is 15.9 Å². The van der Waals surface area contributed by atoms with Crippen LogP contribution in [0.3, 0.4) is 0 Å². The van der Waals surface area contributed by atoms with Crippen molar-refractivity contribution in [3.63, 3.8) is 0 Å². The minimum absolute atomic E-state index is 0.0332. The highest BCUT2D eigenvalue weighted by Gasteiger charge is 2.29. The van der Waals surface area contributed by atoms with Crippen LogP contribution in [0.15, 0.2) is 46.9 Å². The SMILES string of the molecule is O=C(COC(=O)C1CCN(C(=O)Nc2ccccc2)CC1)Nc1c(F)cc(F)cc1Br. The lowest BCUT2D eigenvalue weighted by Crippen LogP contribution is -2.43. The molecular formula is C21H20BrF2N3O4. The van der Waals surface area contributed by atoms with E-state index < -0.39 is 36.0 Å². The fraction of sp³-hybridized carbons (Fsp3) is 0.286. The number of halogens is 3. The van der Waals surface area contributed by atoms with Crippen LogP contribution in [-0.2, 0) is 14.3 Å². The highest BCUT2D eigenvalue weighted by Crippen LogP contribution is 2.27. The Hall–Kier alpha value is -3.01. The zero-order chi connectivity index (χ0) is 22.4. The summed E-state index contributed by atoms with van der Waals surface area (Å²) in [6.45, 7) is 0.146. The molecule has 0 atom stereocenters. The number of para-hydroxylation sites is 1. The number of esters is 1. The Kier molecular flexibility index (Phi) is 7.56. The first kappa shape index (κ1) is 22.7. The van der Waals surface area contributed by atoms with E-state index >= 15 is 0 Å². The third kappa shape index (κ3) is 6.24. The summed E-state index contributed by atoms with van der Waals surface area (Å²) in [4.78, 5) is 38.1. The number of ether oxygens (including phenoxy) is 1. The molecule has 1 saturated heterocycles. The van der Waals surface area contributed by atoms with Crippen LogP contribution in [0.2, 0.25) is 0 Å². The third-order valence-electron chi connectivity index (χ3n) is 4.76. The van der Waals surface area contributed by atoms with Crippen molar-refractivity contribution in [2.75, 3.05) is 30.3 Å². The van der Waals surface area contributed by atoms with Gasteiger partial charge in [0.2, 0.25) is 0 Å². The zero-order valence-corrected chi connectivity index (χ0v) is 18.0. The quantitative estimate of drug-likeness (QED) is 0.609. The van der Waals surface area contributed by atoms with E-state index in [1.54, 1.807) is 17.0 Å². The van der Waals surface area contributed by atoms with Crippen molar-refractivity contribution < 1.29 is 27.9 Å². The molecule has 0 spiro atoms. The number of amides is 3. The van der Waals surface area contributed by atoms with Crippen molar-refractivity contribution in [1.82, 2.24) is 4.90 Å². The van der Waals surface area contributed by atoms with Crippen LogP contribution in [0.25, 0.3) is 0 Å². The lowest BCUT2D eigenvalue weighted by molar-refractivity contribution is -0.152. The van der Waals surface area contributed by atoms with Gasteiger partial charge in [0, 0.05) is 29.3 Å². The summed E-state index contributed by atoms with van der Waals surface area (Å²) in [6.07, 6.45) is 0.807. The minimum atomic E-state index is -0.951. The molecule has 2 N–H and O–H groups in total. The molecule has 1 aliphatic heterocycles. The Morgan fingerprint density at radius 1 is 1.06 bits per heavy atom. The average molecular weight is 496 g/mol. The monoisotopic (exact) mass is 495 g/mol. The molecule has 7 nitrogen and oxygen atoms in total. The molecule has 0 bridgehead atoms. The van der Waals surface area contributed by atoms with Gasteiger partial charge in [-0.15, -0.1) is 0 Å². The summed E-state index contributed by atoms with van der Waals surface area (Å²) in [6, 6.07) is 10.4. The normalized spacial score (nSPS) is 14.1. The van der Waals surface area contributed by atoms with Crippen molar-refractivity contribution >= 4 is 45.2 Å². The van der Waals surface area contributed by atoms with E-state index in [1.165, 1.54) is 0 Å². The Morgan fingerprint density at radius 2 is 1.74 bits per heavy atom. The van der Waals surface area contributed by atoms with Crippen LogP contribution in [-0.4, -0.2) is 42.5 Å². The van der Waals surface area contributed by atoms with Crippen molar-refractivity contribution in [2.24, 2.45) is 5.92 Å². The Bertz CT molecular complexity index is 943. The van der Waals surface area contributed by atoms with Gasteiger partial charge in [-0.1, -0.05) is 18.2 Å². The van der Waals surface area contributed by atoms with Gasteiger partial charge >= 0.3 is 12.0 Å². The first-order valence-electron chi connectivity index (χ1n) is 9.55. The molecule has 10 heteroatoms. The van der Waals surface area contributed by atoms with Gasteiger partial charge in [-0.3, -0.25) is 9.59 Å². The number of likely N-dealkylation sites (tertiary alicyclic amines) is 1. The summed E-state index contributed by atoms with van der Waals surface area (Å²) in [5.41, 5.74) is 0.449. The smallest absolute Gasteiger partial charge is 0.321 e. The number of hydrogen-bond acceptors (Lipinski definition) is 4. The fourth-order valence-electron chi connectivity index (χ4n) is 3.13. The number of hydrogen-bond donors (Lipinski definition) is 2. The van der Waals surface area contributed by atoms with E-state index in [9.17, 15) is 23.2 Å². The predicted molar refractivity (Wildman–Crippen MR) is 113 cm³/mol. The van der Waals surface area contributed by atoms with Gasteiger partial charge in [-0.05, 0) is 47.0 Å². The zero-order valence-electron chi connectivity index (χ0n) is 16.4. The van der Waals surface area contributed by atoms with Crippen LogP contribution in [0.1, 0.15) is 12.8 Å². The van der Waals surface area contributed by atoms with E-state index in [-0.39, 0.29) is 16.2 Å². The topological polar surface area (TPSA) is 87.7 Å². The number of carbonyl (C=O) groups is 3. The molecule has 1 fully saturated rings. The molecule has 3 amide bonds. The number of anilines is 2. The maximum atomic E-state index is 13.8. The van der Waals surface area contributed by atoms with Crippen molar-refractivity contribution in [2.45, 2.75) is 12.8 Å². The molecule has 2 aromatic carbocycles. The standard InChI is InChI=1S/C21H20BrF2N3O4/c22-16-10-14(23)11-17(24)19(16)26-18(28)12-31-20(29)13-6-8-27(9-7-13)21(30)25-15-4-2-1-3-5-15/h1-5,10-11,13H,6-9,12H2,(H,25,30)(H,26,28). The van der Waals surface area contributed by atoms with E-state index in [2.05, 4.69) is 26.6 Å². The molecule has 0 aromatic heterocycles. The molecular weight excluding hydrogens is 476 g/mol. The Balaban J connectivity index is 1.43. The fourth-order valence-corrected chi connectivity index (χ4v) is 3.64. The number of nitrogens with one attached hydrogen (secondary N) is 2. The predicted octanol–water partition coefficient (Wildman–Crippen LogP) is 4.15. The molecule has 1 heterocycles. The van der Waals surface area contributed by atoms with Crippen LogP contribution in [0, 0.1) is 17.6 Å². The summed E-state index contributed by atoms with van der Waals surface area (Å²) in [5.74, 6) is -3.50. The molecule has 31 heavy (non-hydrogen) atoms.